The number of carbonyl (C=O) groups is 4. The molecule has 8 aromatic rings. The number of aromatic nitrogens is 6. The molecule has 82 heavy (non-hydrogen) atoms. The molecule has 16 nitrogen and oxygen atoms in total. The van der Waals surface area contributed by atoms with E-state index in [2.05, 4.69) is 62.7 Å². The van der Waals surface area contributed by atoms with Gasteiger partial charge in [0.2, 0.25) is 23.6 Å². The number of aryl methyl sites for hydroxylation is 2. The number of hydrogen-bond acceptors (Lipinski definition) is 12. The highest BCUT2D eigenvalue weighted by molar-refractivity contribution is 9.10. The molecule has 4 amide bonds. The van der Waals surface area contributed by atoms with Crippen molar-refractivity contribution in [3.8, 4) is 43.1 Å². The Bertz CT molecular complexity index is 3260. The normalized spacial score (nSPS) is 18.5. The molecule has 8 atom stereocenters. The van der Waals surface area contributed by atoms with E-state index in [1.54, 1.807) is 44.4 Å². The molecule has 4 aromatic heterocycles. The summed E-state index contributed by atoms with van der Waals surface area (Å²) in [5.74, 6) is -1.16. The molecule has 2 aliphatic rings. The summed E-state index contributed by atoms with van der Waals surface area (Å²) in [5, 5.41) is 36.2. The molecule has 20 heteroatoms. The Hall–Kier alpha value is -6.68. The first-order chi connectivity index (χ1) is 39.2. The van der Waals surface area contributed by atoms with Gasteiger partial charge in [0.15, 0.2) is 0 Å². The molecule has 0 bridgehead atoms. The van der Waals surface area contributed by atoms with E-state index in [0.717, 1.165) is 74.6 Å². The number of aliphatic hydroxyl groups excluding tert-OH is 2. The molecule has 6 heterocycles. The highest BCUT2D eigenvalue weighted by Gasteiger charge is 2.44. The zero-order valence-electron chi connectivity index (χ0n) is 47.0. The minimum absolute atomic E-state index is 0.0822. The lowest BCUT2D eigenvalue weighted by Gasteiger charge is -2.30. The van der Waals surface area contributed by atoms with Crippen LogP contribution in [-0.2, 0) is 19.2 Å². The number of β-amino-alcohol motifs (C(OH)–C–C–N with tert-alkyl or cyclic N) is 2. The highest BCUT2D eigenvalue weighted by atomic mass is 79.9. The van der Waals surface area contributed by atoms with E-state index in [4.69, 9.17) is 0 Å². The number of benzene rings is 4. The topological polar surface area (TPSA) is 201 Å². The maximum Gasteiger partial charge on any atom is 0.248 e. The third-order valence-corrected chi connectivity index (χ3v) is 18.2. The van der Waals surface area contributed by atoms with Crippen molar-refractivity contribution < 1.29 is 29.4 Å². The molecule has 4 N–H and O–H groups in total. The Morgan fingerprint density at radius 2 is 0.866 bits per heavy atom. The smallest absolute Gasteiger partial charge is 0.248 e. The predicted octanol–water partition coefficient (Wildman–Crippen LogP) is 11.6. The van der Waals surface area contributed by atoms with E-state index in [1.165, 1.54) is 9.80 Å². The first-order valence-electron chi connectivity index (χ1n) is 27.4. The number of thiazole rings is 2. The quantitative estimate of drug-likeness (QED) is 0.0721. The van der Waals surface area contributed by atoms with Gasteiger partial charge in [-0.05, 0) is 97.2 Å². The van der Waals surface area contributed by atoms with E-state index >= 15 is 0 Å². The van der Waals surface area contributed by atoms with Crippen LogP contribution in [0.3, 0.4) is 0 Å². The summed E-state index contributed by atoms with van der Waals surface area (Å²) in [6, 6.07) is 28.7. The fraction of sp³-hybridized carbons (Fsp3) is 0.355. The number of halogens is 2. The minimum Gasteiger partial charge on any atom is -0.391 e. The summed E-state index contributed by atoms with van der Waals surface area (Å²) in [5.41, 5.74) is 13.5. The average Bonchev–Trinajstić information content (AvgIpc) is 4.40. The Kier molecular flexibility index (Phi) is 19.2. The summed E-state index contributed by atoms with van der Waals surface area (Å²) >= 11 is 10.1. The van der Waals surface area contributed by atoms with Gasteiger partial charge >= 0.3 is 0 Å². The van der Waals surface area contributed by atoms with Crippen LogP contribution in [0.5, 0.6) is 0 Å². The van der Waals surface area contributed by atoms with Gasteiger partial charge in [-0.1, -0.05) is 132 Å². The first kappa shape index (κ1) is 59.9. The molecule has 0 aliphatic carbocycles. The average molecular weight is 1270 g/mol. The molecule has 0 unspecified atom stereocenters. The number of rotatable bonds is 16. The predicted molar refractivity (Wildman–Crippen MR) is 328 cm³/mol. The van der Waals surface area contributed by atoms with Gasteiger partial charge in [-0.2, -0.15) is 10.2 Å². The highest BCUT2D eigenvalue weighted by Crippen LogP contribution is 2.34. The van der Waals surface area contributed by atoms with Gasteiger partial charge < -0.3 is 30.6 Å². The van der Waals surface area contributed by atoms with E-state index in [9.17, 15) is 29.4 Å². The zero-order chi connectivity index (χ0) is 58.5. The van der Waals surface area contributed by atoms with Crippen molar-refractivity contribution in [2.75, 3.05) is 13.1 Å². The summed E-state index contributed by atoms with van der Waals surface area (Å²) in [6.07, 6.45) is 6.09. The van der Waals surface area contributed by atoms with Crippen molar-refractivity contribution in [1.82, 2.24) is 50.0 Å². The lowest BCUT2D eigenvalue weighted by Crippen LogP contribution is -2.49. The summed E-state index contributed by atoms with van der Waals surface area (Å²) < 4.78 is 5.33. The molecule has 2 aliphatic heterocycles. The second-order valence-corrected chi connectivity index (χ2v) is 25.4. The molecular formula is C62H68Br2N10O6S2. The Labute approximate surface area is 503 Å². The van der Waals surface area contributed by atoms with Crippen LogP contribution < -0.4 is 10.6 Å². The Balaban J connectivity index is 0.000000198. The molecule has 0 saturated carbocycles. The SMILES string of the molecule is Cc1ncsc1-c1ccc([C@H](C)NC(=O)[C@@H]2C[C@@H](O)CN2C(=O)[C@@H](C(C)C)n2cc(-c3ccc(Br)cc3)cn2)cc1.Cc1ncsc1-c1ccc([C@H](C)NC(=O)[C@@H]2C[C@@H](O)CN2C(=O)[C@H](C(C)C)n2cc(-c3ccc(Br)cc3)cn2)cc1. The Morgan fingerprint density at radius 1 is 0.524 bits per heavy atom. The van der Waals surface area contributed by atoms with Crippen LogP contribution in [0.25, 0.3) is 43.1 Å². The summed E-state index contributed by atoms with van der Waals surface area (Å²) in [4.78, 5) is 68.8. The number of nitrogens with one attached hydrogen (secondary N) is 2. The van der Waals surface area contributed by atoms with Gasteiger partial charge in [-0.15, -0.1) is 22.7 Å². The maximum absolute atomic E-state index is 13.9. The van der Waals surface area contributed by atoms with Gasteiger partial charge in [0.1, 0.15) is 24.2 Å². The van der Waals surface area contributed by atoms with Gasteiger partial charge in [-0.25, -0.2) is 9.97 Å². The van der Waals surface area contributed by atoms with Gasteiger partial charge in [-0.3, -0.25) is 28.5 Å². The van der Waals surface area contributed by atoms with Crippen molar-refractivity contribution in [1.29, 1.82) is 0 Å². The molecule has 10 rings (SSSR count). The van der Waals surface area contributed by atoms with Crippen LogP contribution in [-0.4, -0.2) is 111 Å². The van der Waals surface area contributed by atoms with E-state index in [1.807, 2.05) is 176 Å². The molecule has 0 radical (unpaired) electrons. The van der Waals surface area contributed by atoms with Gasteiger partial charge in [0, 0.05) is 58.4 Å². The number of hydrogen-bond donors (Lipinski definition) is 4. The summed E-state index contributed by atoms with van der Waals surface area (Å²) in [7, 11) is 0. The van der Waals surface area contributed by atoms with Crippen molar-refractivity contribution in [3.05, 3.63) is 164 Å². The molecule has 4 aromatic carbocycles. The standard InChI is InChI=1S/2C31H34BrN5O3S/c2*1-18(2)28(37-15-24(14-34-37)22-9-11-25(32)12-10-22)31(40)36-16-26(38)13-27(36)30(39)35-19(3)21-5-7-23(8-6-21)29-20(4)33-17-41-29/h2*5-12,14-15,17-19,26-28,38H,13,16H2,1-4H3,(H,35,39)/t19-,26+,27-,28+;19-,26+,27-,28-/m00/s1. The van der Waals surface area contributed by atoms with Crippen molar-refractivity contribution in [3.63, 3.8) is 0 Å². The van der Waals surface area contributed by atoms with Crippen molar-refractivity contribution in [2.45, 2.75) is 117 Å². The fourth-order valence-electron chi connectivity index (χ4n) is 10.7. The second-order valence-electron chi connectivity index (χ2n) is 21.8. The molecule has 2 saturated heterocycles. The molecule has 428 valence electrons. The second kappa shape index (κ2) is 26.3. The van der Waals surface area contributed by atoms with Crippen LogP contribution >= 0.6 is 54.5 Å². The van der Waals surface area contributed by atoms with Crippen LogP contribution in [0.15, 0.2) is 142 Å². The van der Waals surface area contributed by atoms with E-state index in [-0.39, 0.29) is 73.5 Å². The molecular weight excluding hydrogens is 1200 g/mol. The number of likely N-dealkylation sites (tertiary alicyclic amines) is 2. The van der Waals surface area contributed by atoms with Gasteiger partial charge in [0.05, 0.1) is 68.8 Å². The number of aliphatic hydroxyl groups is 2. The Morgan fingerprint density at radius 3 is 1.18 bits per heavy atom. The van der Waals surface area contributed by atoms with Gasteiger partial charge in [0.25, 0.3) is 0 Å². The monoisotopic (exact) mass is 1270 g/mol. The lowest BCUT2D eigenvalue weighted by atomic mass is 10.0. The first-order valence-corrected chi connectivity index (χ1v) is 30.8. The fourth-order valence-corrected chi connectivity index (χ4v) is 12.9. The van der Waals surface area contributed by atoms with Crippen LogP contribution in [0.2, 0.25) is 0 Å². The molecule has 2 fully saturated rings. The number of carbonyl (C=O) groups excluding carboxylic acids is 4. The maximum atomic E-state index is 13.9. The summed E-state index contributed by atoms with van der Waals surface area (Å²) in [6.45, 7) is 15.9. The van der Waals surface area contributed by atoms with Crippen molar-refractivity contribution in [2.24, 2.45) is 11.8 Å². The third kappa shape index (κ3) is 13.7. The van der Waals surface area contributed by atoms with Crippen LogP contribution in [0, 0.1) is 25.7 Å². The zero-order valence-corrected chi connectivity index (χ0v) is 51.8. The van der Waals surface area contributed by atoms with Crippen LogP contribution in [0.1, 0.15) is 101 Å². The minimum atomic E-state index is -0.768. The number of nitrogens with zero attached hydrogens (tertiary/aromatic N) is 8. The van der Waals surface area contributed by atoms with Crippen LogP contribution in [0.4, 0.5) is 0 Å². The van der Waals surface area contributed by atoms with E-state index < -0.39 is 36.4 Å². The van der Waals surface area contributed by atoms with E-state index in [0.29, 0.717) is 0 Å². The largest absolute Gasteiger partial charge is 0.391 e. The molecule has 0 spiro atoms. The number of amides is 4. The van der Waals surface area contributed by atoms with Crippen molar-refractivity contribution >= 4 is 78.2 Å². The lowest BCUT2D eigenvalue weighted by molar-refractivity contribution is -0.142. The third-order valence-electron chi connectivity index (χ3n) is 15.2.